The summed E-state index contributed by atoms with van der Waals surface area (Å²) >= 11 is 0. The average molecular weight is 215 g/mol. The molecule has 19 valence electrons. The van der Waals surface area contributed by atoms with Crippen molar-refractivity contribution in [1.82, 2.24) is 0 Å². The van der Waals surface area contributed by atoms with Gasteiger partial charge in [-0.3, -0.25) is 0 Å². The van der Waals surface area contributed by atoms with Gasteiger partial charge >= 0.3 is 51.4 Å². The molecule has 0 bridgehead atoms. The van der Waals surface area contributed by atoms with Crippen LogP contribution in [0.15, 0.2) is 0 Å². The third kappa shape index (κ3) is 8.83. The summed E-state index contributed by atoms with van der Waals surface area (Å²) in [5, 5.41) is 0. The van der Waals surface area contributed by atoms with E-state index in [9.17, 15) is 0 Å². The minimum Gasteiger partial charge on any atom is -1.00 e. The monoisotopic (exact) mass is 215 g/mol. The van der Waals surface area contributed by atoms with E-state index >= 15 is 0 Å². The van der Waals surface area contributed by atoms with E-state index in [1.54, 1.807) is 0 Å². The SMILES string of the molecule is O.[F-].[K+].[La]. The summed E-state index contributed by atoms with van der Waals surface area (Å²) in [6.07, 6.45) is 0. The van der Waals surface area contributed by atoms with Crippen LogP contribution in [0.3, 0.4) is 0 Å². The largest absolute Gasteiger partial charge is 1.00 e. The van der Waals surface area contributed by atoms with Crippen molar-refractivity contribution in [3.63, 3.8) is 0 Å². The maximum Gasteiger partial charge on any atom is 1.00 e. The molecule has 0 saturated carbocycles. The molecule has 4 heteroatoms. The fourth-order valence-electron chi connectivity index (χ4n) is 0. The first-order valence-electron chi connectivity index (χ1n) is 0. The number of hydrogen-bond acceptors (Lipinski definition) is 0. The van der Waals surface area contributed by atoms with Gasteiger partial charge in [0.2, 0.25) is 0 Å². The zero-order valence-corrected chi connectivity index (χ0v) is 9.20. The number of rotatable bonds is 0. The Morgan fingerprint density at radius 2 is 1.00 bits per heavy atom. The smallest absolute Gasteiger partial charge is 1.00 e. The molecular formula is H2FKLaO. The average Bonchev–Trinajstić information content (AvgIpc) is 0. The predicted molar refractivity (Wildman–Crippen MR) is 3.61 cm³/mol. The van der Waals surface area contributed by atoms with E-state index in [-0.39, 0.29) is 97.2 Å². The van der Waals surface area contributed by atoms with Crippen molar-refractivity contribution >= 4 is 0 Å². The maximum absolute atomic E-state index is 0. The van der Waals surface area contributed by atoms with E-state index in [4.69, 9.17) is 0 Å². The van der Waals surface area contributed by atoms with Crippen LogP contribution in [-0.2, 0) is 0 Å². The van der Waals surface area contributed by atoms with Crippen molar-refractivity contribution in [2.24, 2.45) is 0 Å². The Bertz CT molecular complexity index is 8.00. The van der Waals surface area contributed by atoms with Gasteiger partial charge in [-0.1, -0.05) is 0 Å². The molecule has 0 aliphatic heterocycles. The fourth-order valence-corrected chi connectivity index (χ4v) is 0. The second-order valence-corrected chi connectivity index (χ2v) is 0. The summed E-state index contributed by atoms with van der Waals surface area (Å²) in [6, 6.07) is 0. The van der Waals surface area contributed by atoms with E-state index in [2.05, 4.69) is 0 Å². The Morgan fingerprint density at radius 3 is 1.00 bits per heavy atom. The zero-order valence-electron chi connectivity index (χ0n) is 2.46. The van der Waals surface area contributed by atoms with Gasteiger partial charge in [-0.2, -0.15) is 0 Å². The molecule has 0 heterocycles. The van der Waals surface area contributed by atoms with Gasteiger partial charge in [0, 0.05) is 35.6 Å². The molecule has 0 rings (SSSR count). The van der Waals surface area contributed by atoms with Crippen LogP contribution in [0, 0.1) is 35.6 Å². The van der Waals surface area contributed by atoms with Gasteiger partial charge in [0.1, 0.15) is 0 Å². The zero-order chi connectivity index (χ0) is 0. The molecule has 0 spiro atoms. The fraction of sp³-hybridized carbons (Fsp3) is 0. The van der Waals surface area contributed by atoms with Crippen molar-refractivity contribution in [2.75, 3.05) is 0 Å². The Kier molecular flexibility index (Phi) is 128. The van der Waals surface area contributed by atoms with Gasteiger partial charge in [0.15, 0.2) is 0 Å². The summed E-state index contributed by atoms with van der Waals surface area (Å²) in [7, 11) is 0. The second-order valence-electron chi connectivity index (χ2n) is 0. The van der Waals surface area contributed by atoms with Crippen LogP contribution in [0.5, 0.6) is 0 Å². The van der Waals surface area contributed by atoms with Crippen LogP contribution in [-0.4, -0.2) is 5.48 Å². The van der Waals surface area contributed by atoms with Crippen LogP contribution >= 0.6 is 0 Å². The molecular weight excluding hydrogens is 213 g/mol. The van der Waals surface area contributed by atoms with Gasteiger partial charge in [0.05, 0.1) is 0 Å². The van der Waals surface area contributed by atoms with E-state index in [1.165, 1.54) is 0 Å². The second kappa shape index (κ2) is 17.2. The molecule has 2 N–H and O–H groups in total. The molecule has 0 fully saturated rings. The molecule has 0 aromatic rings. The molecule has 0 amide bonds. The van der Waals surface area contributed by atoms with Crippen LogP contribution in [0.2, 0.25) is 0 Å². The van der Waals surface area contributed by atoms with Crippen LogP contribution in [0.1, 0.15) is 0 Å². The van der Waals surface area contributed by atoms with E-state index in [1.807, 2.05) is 0 Å². The molecule has 1 radical (unpaired) electrons. The van der Waals surface area contributed by atoms with E-state index in [0.717, 1.165) is 0 Å². The quantitative estimate of drug-likeness (QED) is 0.360. The Labute approximate surface area is 94.6 Å². The van der Waals surface area contributed by atoms with E-state index in [0.29, 0.717) is 0 Å². The first kappa shape index (κ1) is 29.7. The molecule has 0 atom stereocenters. The minimum absolute atomic E-state index is 0. The molecule has 0 aromatic carbocycles. The molecule has 1 nitrogen and oxygen atoms in total. The summed E-state index contributed by atoms with van der Waals surface area (Å²) in [5.41, 5.74) is 0. The van der Waals surface area contributed by atoms with Gasteiger partial charge in [-0.15, -0.1) is 0 Å². The molecule has 0 unspecified atom stereocenters. The molecule has 0 aromatic heterocycles. The minimum atomic E-state index is 0. The molecule has 0 aliphatic carbocycles. The Morgan fingerprint density at radius 1 is 1.00 bits per heavy atom. The van der Waals surface area contributed by atoms with Crippen molar-refractivity contribution in [3.8, 4) is 0 Å². The normalized spacial score (nSPS) is 0. The Hall–Kier alpha value is 2.72. The van der Waals surface area contributed by atoms with Crippen molar-refractivity contribution in [2.45, 2.75) is 0 Å². The van der Waals surface area contributed by atoms with Gasteiger partial charge in [0.25, 0.3) is 0 Å². The Balaban J connectivity index is 0. The van der Waals surface area contributed by atoms with Crippen LogP contribution < -0.4 is 56.1 Å². The molecule has 4 heavy (non-hydrogen) atoms. The summed E-state index contributed by atoms with van der Waals surface area (Å²) < 4.78 is 0. The number of halogens is 1. The topological polar surface area (TPSA) is 31.5 Å². The summed E-state index contributed by atoms with van der Waals surface area (Å²) in [6.45, 7) is 0. The van der Waals surface area contributed by atoms with Crippen molar-refractivity contribution in [1.29, 1.82) is 0 Å². The predicted octanol–water partition coefficient (Wildman–Crippen LogP) is -6.82. The summed E-state index contributed by atoms with van der Waals surface area (Å²) in [5.74, 6) is 0. The van der Waals surface area contributed by atoms with Crippen molar-refractivity contribution < 1.29 is 97.2 Å². The molecule has 0 saturated heterocycles. The van der Waals surface area contributed by atoms with Gasteiger partial charge < -0.3 is 10.2 Å². The third-order valence-electron chi connectivity index (χ3n) is 0. The summed E-state index contributed by atoms with van der Waals surface area (Å²) in [4.78, 5) is 0. The first-order valence-corrected chi connectivity index (χ1v) is 0. The third-order valence-corrected chi connectivity index (χ3v) is 0. The first-order chi connectivity index (χ1) is 0. The van der Waals surface area contributed by atoms with Gasteiger partial charge in [-0.05, 0) is 0 Å². The number of hydrogen-bond donors (Lipinski definition) is 0. The maximum atomic E-state index is 0. The van der Waals surface area contributed by atoms with Crippen molar-refractivity contribution in [3.05, 3.63) is 0 Å². The van der Waals surface area contributed by atoms with Gasteiger partial charge in [-0.25, -0.2) is 0 Å². The van der Waals surface area contributed by atoms with E-state index < -0.39 is 0 Å². The molecule has 0 aliphatic rings. The standard InChI is InChI=1S/FH.K.La.H2O/h1H;;;1H2/q;+1;;/p-1. The van der Waals surface area contributed by atoms with Crippen LogP contribution in [0.4, 0.5) is 0 Å². The van der Waals surface area contributed by atoms with Crippen LogP contribution in [0.25, 0.3) is 0 Å².